The van der Waals surface area contributed by atoms with Crippen molar-refractivity contribution in [1.82, 2.24) is 13.9 Å². The number of thioether (sulfide) groups is 1. The maximum Gasteiger partial charge on any atom is 0.263 e. The van der Waals surface area contributed by atoms with Crippen molar-refractivity contribution < 1.29 is 8.42 Å². The number of fused-ring (bicyclic) bond motifs is 1. The minimum atomic E-state index is -3.48. The van der Waals surface area contributed by atoms with E-state index in [1.165, 1.54) is 41.5 Å². The monoisotopic (exact) mass is 437 g/mol. The first-order chi connectivity index (χ1) is 13.2. The molecule has 0 bridgehead atoms. The van der Waals surface area contributed by atoms with Gasteiger partial charge in [-0.15, -0.1) is 11.3 Å². The summed E-state index contributed by atoms with van der Waals surface area (Å²) in [4.78, 5) is 19.8. The molecule has 0 amide bonds. The van der Waals surface area contributed by atoms with Gasteiger partial charge in [0.15, 0.2) is 5.16 Å². The Labute approximate surface area is 173 Å². The van der Waals surface area contributed by atoms with E-state index in [1.54, 1.807) is 22.8 Å². The number of benzene rings is 1. The van der Waals surface area contributed by atoms with Crippen LogP contribution in [0.5, 0.6) is 0 Å². The van der Waals surface area contributed by atoms with Crippen LogP contribution in [0.2, 0.25) is 0 Å². The van der Waals surface area contributed by atoms with Gasteiger partial charge in [0, 0.05) is 31.3 Å². The number of thiophene rings is 1. The van der Waals surface area contributed by atoms with E-state index >= 15 is 0 Å². The molecule has 3 rings (SSSR count). The highest BCUT2D eigenvalue weighted by Gasteiger charge is 2.18. The Balaban J connectivity index is 1.96. The second kappa shape index (κ2) is 7.98. The highest BCUT2D eigenvalue weighted by atomic mass is 32.2. The fraction of sp³-hybridized carbons (Fsp3) is 0.368. The van der Waals surface area contributed by atoms with Crippen LogP contribution >= 0.6 is 23.1 Å². The molecule has 0 atom stereocenters. The predicted molar refractivity (Wildman–Crippen MR) is 116 cm³/mol. The summed E-state index contributed by atoms with van der Waals surface area (Å²) in [5, 5.41) is 1.36. The van der Waals surface area contributed by atoms with Gasteiger partial charge >= 0.3 is 0 Å². The fourth-order valence-electron chi connectivity index (χ4n) is 2.85. The van der Waals surface area contributed by atoms with Crippen molar-refractivity contribution in [3.05, 3.63) is 50.6 Å². The molecule has 28 heavy (non-hydrogen) atoms. The first-order valence-corrected chi connectivity index (χ1v) is 12.1. The first-order valence-electron chi connectivity index (χ1n) is 8.81. The third-order valence-electron chi connectivity index (χ3n) is 4.62. The van der Waals surface area contributed by atoms with E-state index < -0.39 is 10.0 Å². The van der Waals surface area contributed by atoms with Gasteiger partial charge in [0.1, 0.15) is 4.83 Å². The number of rotatable bonds is 6. The minimum absolute atomic E-state index is 0.0132. The molecule has 0 unspecified atom stereocenters. The smallest absolute Gasteiger partial charge is 0.263 e. The molecule has 1 aromatic carbocycles. The maximum absolute atomic E-state index is 12.9. The molecular formula is C19H23N3O3S3. The normalized spacial score (nSPS) is 12.2. The molecule has 0 N–H and O–H groups in total. The van der Waals surface area contributed by atoms with E-state index in [-0.39, 0.29) is 10.5 Å². The lowest BCUT2D eigenvalue weighted by atomic mass is 10.2. The zero-order valence-corrected chi connectivity index (χ0v) is 19.0. The number of sulfonamides is 1. The molecule has 0 saturated carbocycles. The Morgan fingerprint density at radius 2 is 1.96 bits per heavy atom. The highest BCUT2D eigenvalue weighted by molar-refractivity contribution is 7.98. The zero-order chi connectivity index (χ0) is 20.6. The summed E-state index contributed by atoms with van der Waals surface area (Å²) in [6.45, 7) is 6.42. The topological polar surface area (TPSA) is 72.3 Å². The summed E-state index contributed by atoms with van der Waals surface area (Å²) in [5.74, 6) is 0.526. The molecule has 0 spiro atoms. The Bertz CT molecular complexity index is 1190. The summed E-state index contributed by atoms with van der Waals surface area (Å²) < 4.78 is 27.6. The van der Waals surface area contributed by atoms with Crippen LogP contribution in [0.1, 0.15) is 22.9 Å². The van der Waals surface area contributed by atoms with Crippen molar-refractivity contribution in [2.75, 3.05) is 14.1 Å². The third kappa shape index (κ3) is 3.76. The SMILES string of the molecule is CCn1c(SCc2cccc(S(=O)(=O)N(C)C)c2)nc2sc(C)c(C)c2c1=O. The Morgan fingerprint density at radius 1 is 1.25 bits per heavy atom. The molecule has 150 valence electrons. The largest absolute Gasteiger partial charge is 0.287 e. The molecule has 0 aliphatic carbocycles. The van der Waals surface area contributed by atoms with E-state index in [0.29, 0.717) is 22.8 Å². The van der Waals surface area contributed by atoms with Gasteiger partial charge in [-0.1, -0.05) is 23.9 Å². The van der Waals surface area contributed by atoms with Gasteiger partial charge in [-0.05, 0) is 44.0 Å². The lowest BCUT2D eigenvalue weighted by molar-refractivity contribution is 0.520. The molecule has 0 radical (unpaired) electrons. The van der Waals surface area contributed by atoms with Gasteiger partial charge in [0.05, 0.1) is 10.3 Å². The van der Waals surface area contributed by atoms with Crippen LogP contribution in [0.3, 0.4) is 0 Å². The molecule has 0 saturated heterocycles. The van der Waals surface area contributed by atoms with Gasteiger partial charge in [-0.25, -0.2) is 17.7 Å². The van der Waals surface area contributed by atoms with Crippen molar-refractivity contribution in [2.45, 2.75) is 43.1 Å². The second-order valence-corrected chi connectivity index (χ2v) is 10.9. The van der Waals surface area contributed by atoms with Gasteiger partial charge in [0.2, 0.25) is 10.0 Å². The van der Waals surface area contributed by atoms with Crippen molar-refractivity contribution in [3.8, 4) is 0 Å². The van der Waals surface area contributed by atoms with Gasteiger partial charge in [-0.3, -0.25) is 9.36 Å². The standard InChI is InChI=1S/C19H23N3O3S3/c1-6-22-18(23)16-12(2)13(3)27-17(16)20-19(22)26-11-14-8-7-9-15(10-14)28(24,25)21(4)5/h7-10H,6,11H2,1-5H3. The van der Waals surface area contributed by atoms with E-state index in [0.717, 1.165) is 20.8 Å². The number of nitrogens with zero attached hydrogens (tertiary/aromatic N) is 3. The summed E-state index contributed by atoms with van der Waals surface area (Å²) in [7, 11) is -0.448. The van der Waals surface area contributed by atoms with E-state index in [4.69, 9.17) is 4.98 Å². The summed E-state index contributed by atoms with van der Waals surface area (Å²) >= 11 is 2.98. The number of hydrogen-bond acceptors (Lipinski definition) is 6. The predicted octanol–water partition coefficient (Wildman–Crippen LogP) is 3.64. The number of hydrogen-bond donors (Lipinski definition) is 0. The van der Waals surface area contributed by atoms with E-state index in [2.05, 4.69) is 0 Å². The Hall–Kier alpha value is -1.68. The van der Waals surface area contributed by atoms with Crippen LogP contribution < -0.4 is 5.56 Å². The minimum Gasteiger partial charge on any atom is -0.287 e. The van der Waals surface area contributed by atoms with Gasteiger partial charge < -0.3 is 0 Å². The summed E-state index contributed by atoms with van der Waals surface area (Å²) in [6.07, 6.45) is 0. The number of aromatic nitrogens is 2. The lowest BCUT2D eigenvalue weighted by Crippen LogP contribution is -2.22. The van der Waals surface area contributed by atoms with Crippen LogP contribution in [0, 0.1) is 13.8 Å². The molecule has 2 heterocycles. The van der Waals surface area contributed by atoms with E-state index in [9.17, 15) is 13.2 Å². The average molecular weight is 438 g/mol. The zero-order valence-electron chi connectivity index (χ0n) is 16.5. The fourth-order valence-corrected chi connectivity index (χ4v) is 5.90. The molecule has 6 nitrogen and oxygen atoms in total. The van der Waals surface area contributed by atoms with Crippen LogP contribution in [0.4, 0.5) is 0 Å². The van der Waals surface area contributed by atoms with Crippen LogP contribution in [-0.4, -0.2) is 36.4 Å². The quantitative estimate of drug-likeness (QED) is 0.435. The summed E-state index contributed by atoms with van der Waals surface area (Å²) in [6, 6.07) is 6.89. The maximum atomic E-state index is 12.9. The molecule has 9 heteroatoms. The van der Waals surface area contributed by atoms with Crippen molar-refractivity contribution in [2.24, 2.45) is 0 Å². The van der Waals surface area contributed by atoms with Crippen molar-refractivity contribution in [3.63, 3.8) is 0 Å². The average Bonchev–Trinajstić information content (AvgIpc) is 2.94. The first kappa shape index (κ1) is 21.0. The molecule has 0 aliphatic heterocycles. The Kier molecular flexibility index (Phi) is 6.00. The van der Waals surface area contributed by atoms with E-state index in [1.807, 2.05) is 26.8 Å². The van der Waals surface area contributed by atoms with Crippen LogP contribution in [0.15, 0.2) is 39.1 Å². The molecule has 0 fully saturated rings. The van der Waals surface area contributed by atoms with Crippen molar-refractivity contribution in [1.29, 1.82) is 0 Å². The lowest BCUT2D eigenvalue weighted by Gasteiger charge is -2.13. The number of aryl methyl sites for hydroxylation is 2. The van der Waals surface area contributed by atoms with Crippen LogP contribution in [-0.2, 0) is 22.3 Å². The molecule has 0 aliphatic rings. The second-order valence-electron chi connectivity index (χ2n) is 6.63. The van der Waals surface area contributed by atoms with Gasteiger partial charge in [0.25, 0.3) is 5.56 Å². The van der Waals surface area contributed by atoms with Crippen molar-refractivity contribution >= 4 is 43.3 Å². The molecule has 2 aromatic heterocycles. The Morgan fingerprint density at radius 3 is 2.61 bits per heavy atom. The van der Waals surface area contributed by atoms with Crippen LogP contribution in [0.25, 0.3) is 10.2 Å². The molecular weight excluding hydrogens is 414 g/mol. The van der Waals surface area contributed by atoms with Gasteiger partial charge in [-0.2, -0.15) is 0 Å². The summed E-state index contributed by atoms with van der Waals surface area (Å²) in [5.41, 5.74) is 1.85. The molecule has 3 aromatic rings. The highest BCUT2D eigenvalue weighted by Crippen LogP contribution is 2.29. The third-order valence-corrected chi connectivity index (χ3v) is 8.57.